The highest BCUT2D eigenvalue weighted by atomic mass is 16.3. The molecular formula is C21H20N2O4. The zero-order valence-corrected chi connectivity index (χ0v) is 14.8. The molecule has 0 radical (unpaired) electrons. The minimum Gasteiger partial charge on any atom is -0.508 e. The van der Waals surface area contributed by atoms with Gasteiger partial charge in [-0.2, -0.15) is 0 Å². The second kappa shape index (κ2) is 6.87. The van der Waals surface area contributed by atoms with Crippen LogP contribution in [0.1, 0.15) is 63.2 Å². The van der Waals surface area contributed by atoms with Crippen LogP contribution in [0.2, 0.25) is 0 Å². The molecule has 0 bridgehead atoms. The van der Waals surface area contributed by atoms with Crippen LogP contribution in [0.5, 0.6) is 5.75 Å². The van der Waals surface area contributed by atoms with Crippen molar-refractivity contribution in [1.82, 2.24) is 4.90 Å². The standard InChI is InChI=1S/C21H20N2O4/c24-16-8-4-5-14(12-16)22-19(25)13-9-10-17-18(11-13)21(27)23(20(17)26)15-6-2-1-3-7-15/h4-5,8-12,15,24H,1-3,6-7H2,(H,22,25). The number of imide groups is 1. The van der Waals surface area contributed by atoms with Crippen molar-refractivity contribution in [2.24, 2.45) is 0 Å². The van der Waals surface area contributed by atoms with E-state index in [2.05, 4.69) is 5.32 Å². The highest BCUT2D eigenvalue weighted by molar-refractivity contribution is 6.22. The zero-order valence-electron chi connectivity index (χ0n) is 14.8. The molecule has 0 saturated heterocycles. The summed E-state index contributed by atoms with van der Waals surface area (Å²) in [5, 5.41) is 12.2. The number of phenolic OH excluding ortho intramolecular Hbond substituents is 1. The van der Waals surface area contributed by atoms with Crippen molar-refractivity contribution >= 4 is 23.4 Å². The molecular weight excluding hydrogens is 344 g/mol. The Hall–Kier alpha value is -3.15. The summed E-state index contributed by atoms with van der Waals surface area (Å²) in [6, 6.07) is 10.8. The van der Waals surface area contributed by atoms with Crippen LogP contribution >= 0.6 is 0 Å². The highest BCUT2D eigenvalue weighted by Crippen LogP contribution is 2.31. The van der Waals surface area contributed by atoms with E-state index in [4.69, 9.17) is 0 Å². The predicted octanol–water partition coefficient (Wildman–Crippen LogP) is 3.57. The summed E-state index contributed by atoms with van der Waals surface area (Å²) in [5.74, 6) is -0.929. The molecule has 2 aromatic rings. The Labute approximate surface area is 156 Å². The van der Waals surface area contributed by atoms with Crippen LogP contribution < -0.4 is 5.32 Å². The zero-order chi connectivity index (χ0) is 19.0. The summed E-state index contributed by atoms with van der Waals surface area (Å²) in [5.41, 5.74) is 1.39. The Balaban J connectivity index is 1.58. The number of nitrogens with one attached hydrogen (secondary N) is 1. The van der Waals surface area contributed by atoms with E-state index in [1.54, 1.807) is 24.3 Å². The predicted molar refractivity (Wildman–Crippen MR) is 99.9 cm³/mol. The second-order valence-corrected chi connectivity index (χ2v) is 7.04. The molecule has 3 amide bonds. The van der Waals surface area contributed by atoms with Crippen LogP contribution in [-0.4, -0.2) is 33.8 Å². The fraction of sp³-hybridized carbons (Fsp3) is 0.286. The largest absolute Gasteiger partial charge is 0.508 e. The lowest BCUT2D eigenvalue weighted by molar-refractivity contribution is 0.0549. The van der Waals surface area contributed by atoms with Crippen molar-refractivity contribution in [3.05, 3.63) is 59.2 Å². The fourth-order valence-electron chi connectivity index (χ4n) is 3.86. The lowest BCUT2D eigenvalue weighted by Crippen LogP contribution is -2.40. The van der Waals surface area contributed by atoms with Gasteiger partial charge >= 0.3 is 0 Å². The first-order chi connectivity index (χ1) is 13.0. The fourth-order valence-corrected chi connectivity index (χ4v) is 3.86. The highest BCUT2D eigenvalue weighted by Gasteiger charge is 2.40. The Morgan fingerprint density at radius 2 is 1.70 bits per heavy atom. The lowest BCUT2D eigenvalue weighted by Gasteiger charge is -2.29. The number of hydrogen-bond acceptors (Lipinski definition) is 4. The van der Waals surface area contributed by atoms with E-state index >= 15 is 0 Å². The average molecular weight is 364 g/mol. The summed E-state index contributed by atoms with van der Waals surface area (Å²) in [6.45, 7) is 0. The number of aromatic hydroxyl groups is 1. The first-order valence-electron chi connectivity index (χ1n) is 9.17. The molecule has 1 aliphatic carbocycles. The molecule has 2 N–H and O–H groups in total. The first kappa shape index (κ1) is 17.3. The molecule has 1 aliphatic heterocycles. The molecule has 1 heterocycles. The van der Waals surface area contributed by atoms with Crippen LogP contribution in [0.3, 0.4) is 0 Å². The topological polar surface area (TPSA) is 86.7 Å². The number of anilines is 1. The van der Waals surface area contributed by atoms with Gasteiger partial charge in [-0.3, -0.25) is 19.3 Å². The van der Waals surface area contributed by atoms with E-state index in [-0.39, 0.29) is 29.2 Å². The van der Waals surface area contributed by atoms with Gasteiger partial charge in [-0.15, -0.1) is 0 Å². The molecule has 2 aromatic carbocycles. The van der Waals surface area contributed by atoms with Crippen molar-refractivity contribution in [1.29, 1.82) is 0 Å². The molecule has 6 nitrogen and oxygen atoms in total. The van der Waals surface area contributed by atoms with Crippen LogP contribution in [-0.2, 0) is 0 Å². The number of carbonyl (C=O) groups is 3. The van der Waals surface area contributed by atoms with Gasteiger partial charge in [0.2, 0.25) is 0 Å². The number of rotatable bonds is 3. The van der Waals surface area contributed by atoms with Crippen LogP contribution in [0.15, 0.2) is 42.5 Å². The van der Waals surface area contributed by atoms with E-state index in [9.17, 15) is 19.5 Å². The molecule has 1 fully saturated rings. The monoisotopic (exact) mass is 364 g/mol. The smallest absolute Gasteiger partial charge is 0.261 e. The Morgan fingerprint density at radius 1 is 0.963 bits per heavy atom. The van der Waals surface area contributed by atoms with Gasteiger partial charge < -0.3 is 10.4 Å². The molecule has 0 aromatic heterocycles. The number of phenols is 1. The van der Waals surface area contributed by atoms with E-state index in [1.807, 2.05) is 0 Å². The van der Waals surface area contributed by atoms with Gasteiger partial charge in [0.1, 0.15) is 5.75 Å². The van der Waals surface area contributed by atoms with Gasteiger partial charge in [-0.05, 0) is 43.2 Å². The number of fused-ring (bicyclic) bond motifs is 1. The van der Waals surface area contributed by atoms with Gasteiger partial charge in [0.15, 0.2) is 0 Å². The number of hydrogen-bond donors (Lipinski definition) is 2. The lowest BCUT2D eigenvalue weighted by atomic mass is 9.94. The molecule has 0 unspecified atom stereocenters. The Bertz CT molecular complexity index is 932. The van der Waals surface area contributed by atoms with Crippen molar-refractivity contribution in [2.45, 2.75) is 38.1 Å². The number of nitrogens with zero attached hydrogens (tertiary/aromatic N) is 1. The molecule has 4 rings (SSSR count). The van der Waals surface area contributed by atoms with Gasteiger partial charge in [-0.25, -0.2) is 0 Å². The molecule has 0 atom stereocenters. The average Bonchev–Trinajstić information content (AvgIpc) is 2.92. The van der Waals surface area contributed by atoms with Gasteiger partial charge in [0.05, 0.1) is 11.1 Å². The minimum atomic E-state index is -0.403. The number of carbonyl (C=O) groups excluding carboxylic acids is 3. The maximum Gasteiger partial charge on any atom is 0.261 e. The number of benzene rings is 2. The van der Waals surface area contributed by atoms with Crippen LogP contribution in [0.4, 0.5) is 5.69 Å². The molecule has 27 heavy (non-hydrogen) atoms. The van der Waals surface area contributed by atoms with Gasteiger partial charge in [-0.1, -0.05) is 25.3 Å². The third-order valence-electron chi connectivity index (χ3n) is 5.22. The number of amides is 3. The Morgan fingerprint density at radius 3 is 2.44 bits per heavy atom. The van der Waals surface area contributed by atoms with Crippen molar-refractivity contribution < 1.29 is 19.5 Å². The third-order valence-corrected chi connectivity index (χ3v) is 5.22. The summed E-state index contributed by atoms with van der Waals surface area (Å²) in [6.07, 6.45) is 4.87. The SMILES string of the molecule is O=C(Nc1cccc(O)c1)c1ccc2c(c1)C(=O)N(C1CCCCC1)C2=O. The summed E-state index contributed by atoms with van der Waals surface area (Å²) in [7, 11) is 0. The molecule has 2 aliphatic rings. The van der Waals surface area contributed by atoms with Crippen LogP contribution in [0.25, 0.3) is 0 Å². The Kier molecular flexibility index (Phi) is 4.39. The quantitative estimate of drug-likeness (QED) is 0.815. The van der Waals surface area contributed by atoms with Crippen molar-refractivity contribution in [3.63, 3.8) is 0 Å². The van der Waals surface area contributed by atoms with Crippen LogP contribution in [0, 0.1) is 0 Å². The van der Waals surface area contributed by atoms with Crippen molar-refractivity contribution in [2.75, 3.05) is 5.32 Å². The summed E-state index contributed by atoms with van der Waals surface area (Å²) < 4.78 is 0. The summed E-state index contributed by atoms with van der Waals surface area (Å²) >= 11 is 0. The molecule has 138 valence electrons. The van der Waals surface area contributed by atoms with E-state index < -0.39 is 5.91 Å². The van der Waals surface area contributed by atoms with Gasteiger partial charge in [0.25, 0.3) is 17.7 Å². The van der Waals surface area contributed by atoms with Crippen molar-refractivity contribution in [3.8, 4) is 5.75 Å². The first-order valence-corrected chi connectivity index (χ1v) is 9.17. The normalized spacial score (nSPS) is 17.1. The van der Waals surface area contributed by atoms with E-state index in [1.165, 1.54) is 23.1 Å². The van der Waals surface area contributed by atoms with Gasteiger partial charge in [0, 0.05) is 23.4 Å². The maximum atomic E-state index is 12.8. The van der Waals surface area contributed by atoms with E-state index in [0.717, 1.165) is 32.1 Å². The summed E-state index contributed by atoms with van der Waals surface area (Å²) in [4.78, 5) is 39.4. The maximum absolute atomic E-state index is 12.8. The molecule has 6 heteroatoms. The minimum absolute atomic E-state index is 0.0456. The second-order valence-electron chi connectivity index (χ2n) is 7.04. The van der Waals surface area contributed by atoms with E-state index in [0.29, 0.717) is 16.8 Å². The third kappa shape index (κ3) is 3.18. The molecule has 0 spiro atoms. The molecule has 1 saturated carbocycles.